The molecule has 91 heavy (non-hydrogen) atoms. The van der Waals surface area contributed by atoms with Crippen LogP contribution in [0.3, 0.4) is 0 Å². The fourth-order valence-electron chi connectivity index (χ4n) is 10.8. The van der Waals surface area contributed by atoms with Gasteiger partial charge in [-0.05, 0) is 49.4 Å². The molecular weight excluding hydrogens is 1200 g/mol. The van der Waals surface area contributed by atoms with E-state index in [0.717, 1.165) is 108 Å². The molecule has 3 N–H and O–H groups in total. The molecule has 0 spiro atoms. The van der Waals surface area contributed by atoms with Crippen molar-refractivity contribution in [3.05, 3.63) is 0 Å². The van der Waals surface area contributed by atoms with Gasteiger partial charge in [-0.25, -0.2) is 9.13 Å². The maximum absolute atomic E-state index is 13.0. The third kappa shape index (κ3) is 66.5. The molecule has 0 aliphatic carbocycles. The van der Waals surface area contributed by atoms with Crippen molar-refractivity contribution in [2.75, 3.05) is 39.6 Å². The second kappa shape index (κ2) is 61.6. The number of carbonyl (C=O) groups excluding carboxylic acids is 4. The molecule has 3 unspecified atom stereocenters. The zero-order chi connectivity index (χ0) is 67.5. The molecule has 0 aromatic heterocycles. The summed E-state index contributed by atoms with van der Waals surface area (Å²) in [6.45, 7) is 14.0. The number of phosphoric acid groups is 2. The number of carbonyl (C=O) groups is 4. The van der Waals surface area contributed by atoms with Crippen molar-refractivity contribution < 1.29 is 80.2 Å². The first-order valence-corrected chi connectivity index (χ1v) is 40.2. The predicted molar refractivity (Wildman–Crippen MR) is 367 cm³/mol. The largest absolute Gasteiger partial charge is 0.472 e. The van der Waals surface area contributed by atoms with Crippen LogP contribution in [0.5, 0.6) is 0 Å². The van der Waals surface area contributed by atoms with Crippen LogP contribution in [0.25, 0.3) is 0 Å². The number of aliphatic hydroxyl groups is 1. The zero-order valence-electron chi connectivity index (χ0n) is 59.5. The zero-order valence-corrected chi connectivity index (χ0v) is 61.3. The van der Waals surface area contributed by atoms with Gasteiger partial charge >= 0.3 is 39.5 Å². The first kappa shape index (κ1) is 89.1. The minimum atomic E-state index is -4.95. The Balaban J connectivity index is 5.16. The van der Waals surface area contributed by atoms with E-state index in [9.17, 15) is 43.2 Å². The van der Waals surface area contributed by atoms with E-state index in [0.29, 0.717) is 37.5 Å². The van der Waals surface area contributed by atoms with Gasteiger partial charge in [0.1, 0.15) is 19.3 Å². The van der Waals surface area contributed by atoms with Gasteiger partial charge in [-0.3, -0.25) is 37.3 Å². The molecule has 19 heteroatoms. The summed E-state index contributed by atoms with van der Waals surface area (Å²) in [5.74, 6) is 0.796. The van der Waals surface area contributed by atoms with Gasteiger partial charge in [-0.15, -0.1) is 0 Å². The van der Waals surface area contributed by atoms with Crippen molar-refractivity contribution in [2.24, 2.45) is 23.7 Å². The molecule has 5 atom stereocenters. The van der Waals surface area contributed by atoms with Crippen LogP contribution in [-0.4, -0.2) is 96.7 Å². The van der Waals surface area contributed by atoms with Crippen molar-refractivity contribution >= 4 is 39.5 Å². The highest BCUT2D eigenvalue weighted by molar-refractivity contribution is 7.47. The van der Waals surface area contributed by atoms with Crippen molar-refractivity contribution in [3.63, 3.8) is 0 Å². The SMILES string of the molecule is CC(C)CCCCCCCCCCCCCCCCCCC(=O)O[C@H](COC(=O)CCCCCCCCC(C)C)COP(=O)(O)OCC(O)COP(=O)(O)OC[C@@H](COC(=O)CCCCCCCCCCCCCC(C)C)OC(=O)CCCCCCCCC(C)C. The fourth-order valence-corrected chi connectivity index (χ4v) is 12.4. The topological polar surface area (TPSA) is 237 Å². The van der Waals surface area contributed by atoms with E-state index in [1.54, 1.807) is 0 Å². The van der Waals surface area contributed by atoms with Gasteiger partial charge in [0.05, 0.1) is 26.4 Å². The number of hydrogen-bond donors (Lipinski definition) is 3. The molecule has 0 bridgehead atoms. The molecule has 540 valence electrons. The lowest BCUT2D eigenvalue weighted by Gasteiger charge is -2.21. The Bertz CT molecular complexity index is 1800. The molecular formula is C72H140O17P2. The smallest absolute Gasteiger partial charge is 0.462 e. The van der Waals surface area contributed by atoms with Crippen molar-refractivity contribution in [1.29, 1.82) is 0 Å². The first-order chi connectivity index (χ1) is 43.6. The maximum Gasteiger partial charge on any atom is 0.472 e. The van der Waals surface area contributed by atoms with E-state index in [1.165, 1.54) is 154 Å². The van der Waals surface area contributed by atoms with Crippen LogP contribution in [0.15, 0.2) is 0 Å². The van der Waals surface area contributed by atoms with Crippen LogP contribution < -0.4 is 0 Å². The Morgan fingerprint density at radius 2 is 0.462 bits per heavy atom. The molecule has 17 nitrogen and oxygen atoms in total. The first-order valence-electron chi connectivity index (χ1n) is 37.2. The highest BCUT2D eigenvalue weighted by Gasteiger charge is 2.30. The third-order valence-corrected chi connectivity index (χ3v) is 18.5. The van der Waals surface area contributed by atoms with Crippen molar-refractivity contribution in [2.45, 2.75) is 375 Å². The van der Waals surface area contributed by atoms with Gasteiger partial charge in [0, 0.05) is 25.7 Å². The number of phosphoric ester groups is 2. The average Bonchev–Trinajstić information content (AvgIpc) is 3.59. The lowest BCUT2D eigenvalue weighted by molar-refractivity contribution is -0.161. The molecule has 0 aliphatic heterocycles. The summed E-state index contributed by atoms with van der Waals surface area (Å²) in [7, 11) is -9.90. The summed E-state index contributed by atoms with van der Waals surface area (Å²) in [5, 5.41) is 10.6. The molecule has 0 saturated carbocycles. The van der Waals surface area contributed by atoms with Crippen LogP contribution in [0.2, 0.25) is 0 Å². The van der Waals surface area contributed by atoms with Crippen LogP contribution >= 0.6 is 15.6 Å². The molecule has 0 heterocycles. The summed E-state index contributed by atoms with van der Waals surface area (Å²) in [5.41, 5.74) is 0. The number of hydrogen-bond acceptors (Lipinski definition) is 15. The van der Waals surface area contributed by atoms with Crippen LogP contribution in [0.4, 0.5) is 0 Å². The van der Waals surface area contributed by atoms with E-state index < -0.39 is 97.5 Å². The number of aliphatic hydroxyl groups excluding tert-OH is 1. The molecule has 0 aromatic carbocycles. The van der Waals surface area contributed by atoms with Crippen LogP contribution in [0.1, 0.15) is 357 Å². The normalized spacial score (nSPS) is 14.2. The maximum atomic E-state index is 13.0. The standard InChI is InChI=1S/C72H140O17P2/c1-62(2)48-40-32-24-20-16-13-11-9-10-12-14-18-23-27-38-46-54-71(76)88-67(59-83-70(75)53-45-37-30-28-34-42-50-64(5)6)60-86-90(78,79)84-56-66(73)57-85-91(80,81)87-61-68(89-72(77)55-47-39-31-29-35-43-51-65(7)8)58-82-69(74)52-44-36-26-22-19-15-17-21-25-33-41-49-63(3)4/h62-68,73H,9-61H2,1-8H3,(H,78,79)(H,80,81)/t66?,67-,68-/m1/s1. The monoisotopic (exact) mass is 1340 g/mol. The number of rotatable bonds is 69. The van der Waals surface area contributed by atoms with E-state index in [-0.39, 0.29) is 25.7 Å². The number of unbranched alkanes of at least 4 members (excludes halogenated alkanes) is 35. The molecule has 0 fully saturated rings. The molecule has 0 rings (SSSR count). The Hall–Kier alpha value is -1.94. The summed E-state index contributed by atoms with van der Waals surface area (Å²) in [6, 6.07) is 0. The minimum Gasteiger partial charge on any atom is -0.462 e. The Labute approximate surface area is 556 Å². The van der Waals surface area contributed by atoms with E-state index in [4.69, 9.17) is 37.0 Å². The van der Waals surface area contributed by atoms with Gasteiger partial charge in [0.2, 0.25) is 0 Å². The molecule has 0 saturated heterocycles. The quantitative estimate of drug-likeness (QED) is 0.0222. The minimum absolute atomic E-state index is 0.102. The fraction of sp³-hybridized carbons (Fsp3) is 0.944. The van der Waals surface area contributed by atoms with Gasteiger partial charge in [0.25, 0.3) is 0 Å². The third-order valence-electron chi connectivity index (χ3n) is 16.6. The van der Waals surface area contributed by atoms with Crippen LogP contribution in [-0.2, 0) is 65.4 Å². The van der Waals surface area contributed by atoms with Gasteiger partial charge in [-0.1, -0.05) is 306 Å². The summed E-state index contributed by atoms with van der Waals surface area (Å²) >= 11 is 0. The molecule has 0 aliphatic rings. The predicted octanol–water partition coefficient (Wildman–Crippen LogP) is 20.5. The summed E-state index contributed by atoms with van der Waals surface area (Å²) in [6.07, 6.45) is 44.9. The second-order valence-electron chi connectivity index (χ2n) is 27.9. The van der Waals surface area contributed by atoms with Gasteiger partial charge < -0.3 is 33.8 Å². The summed E-state index contributed by atoms with van der Waals surface area (Å²) < 4.78 is 68.3. The molecule has 0 radical (unpaired) electrons. The highest BCUT2D eigenvalue weighted by atomic mass is 31.2. The molecule has 0 aromatic rings. The van der Waals surface area contributed by atoms with Gasteiger partial charge in [-0.2, -0.15) is 0 Å². The van der Waals surface area contributed by atoms with E-state index >= 15 is 0 Å². The second-order valence-corrected chi connectivity index (χ2v) is 30.8. The van der Waals surface area contributed by atoms with E-state index in [1.807, 2.05) is 0 Å². The lowest BCUT2D eigenvalue weighted by atomic mass is 10.0. The Morgan fingerprint density at radius 3 is 0.681 bits per heavy atom. The van der Waals surface area contributed by atoms with Crippen LogP contribution in [0, 0.1) is 23.7 Å². The molecule has 0 amide bonds. The van der Waals surface area contributed by atoms with Crippen molar-refractivity contribution in [3.8, 4) is 0 Å². The average molecular weight is 1340 g/mol. The summed E-state index contributed by atoms with van der Waals surface area (Å²) in [4.78, 5) is 72.5. The Morgan fingerprint density at radius 1 is 0.275 bits per heavy atom. The van der Waals surface area contributed by atoms with E-state index in [2.05, 4.69) is 55.4 Å². The lowest BCUT2D eigenvalue weighted by Crippen LogP contribution is -2.30. The number of ether oxygens (including phenoxy) is 4. The van der Waals surface area contributed by atoms with Gasteiger partial charge in [0.15, 0.2) is 12.2 Å². The highest BCUT2D eigenvalue weighted by Crippen LogP contribution is 2.45. The Kier molecular flexibility index (Phi) is 60.3. The van der Waals surface area contributed by atoms with Crippen molar-refractivity contribution in [1.82, 2.24) is 0 Å². The number of esters is 4.